The van der Waals surface area contributed by atoms with Gasteiger partial charge in [0.25, 0.3) is 0 Å². The van der Waals surface area contributed by atoms with Crippen LogP contribution in [0.5, 0.6) is 17.4 Å². The standard InChI is InChI=1S/C23H19F3N4O3/c1-14-12-30-21(29(14)2)10-20(28-22(30)31)32-13-15-6-7-19(16(8-15)11-27)33-18-5-3-4-17(9-18)23(24,25)26/h3-10,14H,12-13H2,1-2H3. The second-order valence-corrected chi connectivity index (χ2v) is 7.66. The summed E-state index contributed by atoms with van der Waals surface area (Å²) in [7, 11) is 1.88. The highest BCUT2D eigenvalue weighted by Crippen LogP contribution is 2.33. The Bertz CT molecular complexity index is 1300. The van der Waals surface area contributed by atoms with E-state index in [0.29, 0.717) is 17.9 Å². The van der Waals surface area contributed by atoms with Crippen molar-refractivity contribution in [2.75, 3.05) is 11.9 Å². The van der Waals surface area contributed by atoms with Gasteiger partial charge in [-0.2, -0.15) is 23.4 Å². The Morgan fingerprint density at radius 2 is 2.00 bits per heavy atom. The molecule has 4 rings (SSSR count). The van der Waals surface area contributed by atoms with Crippen molar-refractivity contribution in [2.45, 2.75) is 32.3 Å². The molecule has 7 nitrogen and oxygen atoms in total. The maximum Gasteiger partial charge on any atom is 0.416 e. The van der Waals surface area contributed by atoms with Crippen LogP contribution in [0.15, 0.2) is 53.3 Å². The van der Waals surface area contributed by atoms with Crippen molar-refractivity contribution in [2.24, 2.45) is 0 Å². The van der Waals surface area contributed by atoms with Gasteiger partial charge in [-0.3, -0.25) is 4.57 Å². The topological polar surface area (TPSA) is 80.4 Å². The molecular formula is C23H19F3N4O3. The third-order valence-corrected chi connectivity index (χ3v) is 5.38. The fourth-order valence-electron chi connectivity index (χ4n) is 3.49. The zero-order valence-electron chi connectivity index (χ0n) is 17.8. The van der Waals surface area contributed by atoms with Crippen LogP contribution in [0.3, 0.4) is 0 Å². The predicted octanol–water partition coefficient (Wildman–Crippen LogP) is 4.34. The molecule has 170 valence electrons. The van der Waals surface area contributed by atoms with Crippen LogP contribution in [0.4, 0.5) is 19.0 Å². The Labute approximate surface area is 187 Å². The highest BCUT2D eigenvalue weighted by molar-refractivity contribution is 5.48. The molecule has 0 aliphatic carbocycles. The van der Waals surface area contributed by atoms with Gasteiger partial charge in [0.2, 0.25) is 5.88 Å². The largest absolute Gasteiger partial charge is 0.473 e. The lowest BCUT2D eigenvalue weighted by molar-refractivity contribution is -0.137. The highest BCUT2D eigenvalue weighted by atomic mass is 19.4. The van der Waals surface area contributed by atoms with E-state index >= 15 is 0 Å². The van der Waals surface area contributed by atoms with Gasteiger partial charge in [0, 0.05) is 25.7 Å². The molecule has 3 aromatic rings. The van der Waals surface area contributed by atoms with Crippen molar-refractivity contribution in [3.63, 3.8) is 0 Å². The van der Waals surface area contributed by atoms with Gasteiger partial charge >= 0.3 is 11.9 Å². The van der Waals surface area contributed by atoms with Crippen molar-refractivity contribution in [1.29, 1.82) is 5.26 Å². The van der Waals surface area contributed by atoms with E-state index in [-0.39, 0.29) is 35.6 Å². The van der Waals surface area contributed by atoms with E-state index in [4.69, 9.17) is 9.47 Å². The predicted molar refractivity (Wildman–Crippen MR) is 113 cm³/mol. The molecule has 10 heteroatoms. The molecule has 0 bridgehead atoms. The fourth-order valence-corrected chi connectivity index (χ4v) is 3.49. The Morgan fingerprint density at radius 3 is 2.73 bits per heavy atom. The Morgan fingerprint density at radius 1 is 1.21 bits per heavy atom. The van der Waals surface area contributed by atoms with Gasteiger partial charge < -0.3 is 14.4 Å². The Hall–Kier alpha value is -4.00. The second kappa shape index (κ2) is 8.50. The molecule has 2 heterocycles. The first kappa shape index (κ1) is 22.2. The van der Waals surface area contributed by atoms with Gasteiger partial charge in [-0.25, -0.2) is 4.79 Å². The molecule has 0 saturated carbocycles. The van der Waals surface area contributed by atoms with Gasteiger partial charge in [-0.15, -0.1) is 0 Å². The maximum absolute atomic E-state index is 12.9. The summed E-state index contributed by atoms with van der Waals surface area (Å²) in [5.74, 6) is 0.951. The number of fused-ring (bicyclic) bond motifs is 1. The number of benzene rings is 2. The second-order valence-electron chi connectivity index (χ2n) is 7.66. The number of ether oxygens (including phenoxy) is 2. The van der Waals surface area contributed by atoms with Crippen LogP contribution in [-0.4, -0.2) is 22.6 Å². The molecule has 1 aliphatic heterocycles. The quantitative estimate of drug-likeness (QED) is 0.568. The number of halogens is 3. The highest BCUT2D eigenvalue weighted by Gasteiger charge is 2.30. The van der Waals surface area contributed by atoms with Crippen LogP contribution in [0.25, 0.3) is 0 Å². The summed E-state index contributed by atoms with van der Waals surface area (Å²) in [5, 5.41) is 9.47. The average Bonchev–Trinajstić information content (AvgIpc) is 3.07. The van der Waals surface area contributed by atoms with Crippen molar-refractivity contribution >= 4 is 5.82 Å². The van der Waals surface area contributed by atoms with Crippen LogP contribution in [-0.2, 0) is 19.3 Å². The van der Waals surface area contributed by atoms with Gasteiger partial charge in [-0.05, 0) is 42.8 Å². The number of nitrogens with zero attached hydrogens (tertiary/aromatic N) is 4. The molecule has 0 radical (unpaired) electrons. The third kappa shape index (κ3) is 4.62. The summed E-state index contributed by atoms with van der Waals surface area (Å²) in [5.41, 5.74) is -0.515. The lowest BCUT2D eigenvalue weighted by atomic mass is 10.1. The Kier molecular flexibility index (Phi) is 5.72. The van der Waals surface area contributed by atoms with E-state index in [0.717, 1.165) is 12.1 Å². The first-order chi connectivity index (χ1) is 15.7. The van der Waals surface area contributed by atoms with E-state index in [9.17, 15) is 23.2 Å². The lowest BCUT2D eigenvalue weighted by Crippen LogP contribution is -2.23. The third-order valence-electron chi connectivity index (χ3n) is 5.38. The van der Waals surface area contributed by atoms with Gasteiger partial charge in [0.05, 0.1) is 11.1 Å². The Balaban J connectivity index is 1.50. The number of anilines is 1. The average molecular weight is 456 g/mol. The van der Waals surface area contributed by atoms with Crippen LogP contribution in [0.1, 0.15) is 23.6 Å². The van der Waals surface area contributed by atoms with E-state index in [1.807, 2.05) is 24.9 Å². The van der Waals surface area contributed by atoms with Crippen LogP contribution < -0.4 is 20.1 Å². The van der Waals surface area contributed by atoms with Crippen LogP contribution in [0.2, 0.25) is 0 Å². The van der Waals surface area contributed by atoms with Crippen molar-refractivity contribution in [1.82, 2.24) is 9.55 Å². The number of hydrogen-bond donors (Lipinski definition) is 0. The SMILES string of the molecule is CC1Cn2c(cc(OCc3ccc(Oc4cccc(C(F)(F)F)c4)c(C#N)c3)nc2=O)N1C. The molecule has 2 aromatic carbocycles. The first-order valence-electron chi connectivity index (χ1n) is 10.0. The molecule has 0 saturated heterocycles. The molecule has 1 unspecified atom stereocenters. The van der Waals surface area contributed by atoms with Gasteiger partial charge in [0.15, 0.2) is 0 Å². The molecule has 1 aliphatic rings. The summed E-state index contributed by atoms with van der Waals surface area (Å²) in [6.45, 7) is 2.59. The van der Waals surface area contributed by atoms with Crippen LogP contribution >= 0.6 is 0 Å². The number of aromatic nitrogens is 2. The molecule has 0 fully saturated rings. The van der Waals surface area contributed by atoms with E-state index in [1.165, 1.54) is 24.3 Å². The lowest BCUT2D eigenvalue weighted by Gasteiger charge is -2.16. The molecule has 0 N–H and O–H groups in total. The number of alkyl halides is 3. The zero-order valence-corrected chi connectivity index (χ0v) is 17.8. The smallest absolute Gasteiger partial charge is 0.416 e. The number of nitriles is 1. The molecule has 33 heavy (non-hydrogen) atoms. The number of rotatable bonds is 5. The first-order valence-corrected chi connectivity index (χ1v) is 10.0. The van der Waals surface area contributed by atoms with Crippen LogP contribution in [0, 0.1) is 11.3 Å². The normalized spacial score (nSPS) is 15.2. The maximum atomic E-state index is 12.9. The van der Waals surface area contributed by atoms with Crippen molar-refractivity contribution in [3.05, 3.63) is 75.7 Å². The summed E-state index contributed by atoms with van der Waals surface area (Å²) >= 11 is 0. The van der Waals surface area contributed by atoms with Crippen molar-refractivity contribution in [3.8, 4) is 23.4 Å². The minimum atomic E-state index is -4.50. The molecule has 0 spiro atoms. The molecular weight excluding hydrogens is 437 g/mol. The number of hydrogen-bond acceptors (Lipinski definition) is 6. The van der Waals surface area contributed by atoms with E-state index in [2.05, 4.69) is 4.98 Å². The summed E-state index contributed by atoms with van der Waals surface area (Å²) in [4.78, 5) is 18.2. The van der Waals surface area contributed by atoms with Gasteiger partial charge in [0.1, 0.15) is 30.0 Å². The molecule has 1 atom stereocenters. The summed E-state index contributed by atoms with van der Waals surface area (Å²) in [6.07, 6.45) is -4.50. The number of likely N-dealkylation sites (N-methyl/N-ethyl adjacent to an activating group) is 1. The molecule has 1 aromatic heterocycles. The summed E-state index contributed by atoms with van der Waals surface area (Å²) < 4.78 is 51.5. The minimum absolute atomic E-state index is 0.0354. The van der Waals surface area contributed by atoms with E-state index < -0.39 is 17.4 Å². The monoisotopic (exact) mass is 456 g/mol. The zero-order chi connectivity index (χ0) is 23.8. The fraction of sp³-hybridized carbons (Fsp3) is 0.261. The van der Waals surface area contributed by atoms with Crippen molar-refractivity contribution < 1.29 is 22.6 Å². The molecule has 0 amide bonds. The van der Waals surface area contributed by atoms with E-state index in [1.54, 1.807) is 16.7 Å². The summed E-state index contributed by atoms with van der Waals surface area (Å²) in [6, 6.07) is 12.9. The minimum Gasteiger partial charge on any atom is -0.473 e. The van der Waals surface area contributed by atoms with Gasteiger partial charge in [-0.1, -0.05) is 12.1 Å².